The Balaban J connectivity index is 0.000000845. The fourth-order valence-corrected chi connectivity index (χ4v) is 1.30. The number of aromatic nitrogens is 1. The van der Waals surface area contributed by atoms with Crippen LogP contribution in [-0.4, -0.2) is 5.91 Å². The summed E-state index contributed by atoms with van der Waals surface area (Å²) in [5, 5.41) is 0. The molecule has 3 heteroatoms. The number of hydrogen-bond donors (Lipinski definition) is 0. The zero-order valence-electron chi connectivity index (χ0n) is 7.53. The smallest absolute Gasteiger partial charge is 0.395 e. The number of halogens is 1. The van der Waals surface area contributed by atoms with Crippen LogP contribution >= 0.6 is 0 Å². The Morgan fingerprint density at radius 3 is 2.69 bits per heavy atom. The maximum absolute atomic E-state index is 11.6. The van der Waals surface area contributed by atoms with Gasteiger partial charge in [0.05, 0.1) is 5.92 Å². The minimum absolute atomic E-state index is 0. The van der Waals surface area contributed by atoms with Crippen molar-refractivity contribution in [2.24, 2.45) is 5.92 Å². The second-order valence-corrected chi connectivity index (χ2v) is 3.32. The van der Waals surface area contributed by atoms with Crippen LogP contribution < -0.4 is 21.5 Å². The quantitative estimate of drug-likeness (QED) is 0.540. The first-order chi connectivity index (χ1) is 5.79. The Bertz CT molecular complexity index is 320. The Kier molecular flexibility index (Phi) is 3.20. The number of carbonyl (C=O) groups excluding carboxylic acids is 1. The molecule has 0 saturated heterocycles. The van der Waals surface area contributed by atoms with Crippen molar-refractivity contribution < 1.29 is 26.3 Å². The molecule has 1 aliphatic carbocycles. The van der Waals surface area contributed by atoms with Gasteiger partial charge in [-0.2, -0.15) is 0 Å². The molecule has 2 nitrogen and oxygen atoms in total. The maximum atomic E-state index is 11.6. The van der Waals surface area contributed by atoms with Crippen molar-refractivity contribution >= 4 is 5.91 Å². The van der Waals surface area contributed by atoms with Crippen LogP contribution in [0.5, 0.6) is 0 Å². The average molecular weight is 242 g/mol. The zero-order chi connectivity index (χ0) is 8.55. The average Bonchev–Trinajstić information content (AvgIpc) is 2.86. The van der Waals surface area contributed by atoms with Gasteiger partial charge in [0.1, 0.15) is 0 Å². The number of nitrogens with zero attached hydrogens (tertiary/aromatic N) is 1. The highest BCUT2D eigenvalue weighted by Crippen LogP contribution is 2.28. The predicted octanol–water partition coefficient (Wildman–Crippen LogP) is -1.66. The van der Waals surface area contributed by atoms with E-state index in [1.54, 1.807) is 4.57 Å². The number of carbonyl (C=O) groups is 1. The van der Waals surface area contributed by atoms with Crippen LogP contribution in [0.15, 0.2) is 24.4 Å². The van der Waals surface area contributed by atoms with Crippen LogP contribution in [0.25, 0.3) is 0 Å². The zero-order valence-corrected chi connectivity index (χ0v) is 9.12. The standard InChI is InChI=1S/C10H12NO.BrH/c1-8-4-2-3-7-11(8)10(12)9-5-6-9;/h2-4,7,9H,5-6H2,1H3;1H/q+1;/p-1. The van der Waals surface area contributed by atoms with E-state index >= 15 is 0 Å². The Labute approximate surface area is 88.4 Å². The van der Waals surface area contributed by atoms with Gasteiger partial charge >= 0.3 is 5.91 Å². The predicted molar refractivity (Wildman–Crippen MR) is 44.7 cm³/mol. The summed E-state index contributed by atoms with van der Waals surface area (Å²) in [5.74, 6) is 0.559. The van der Waals surface area contributed by atoms with E-state index in [1.165, 1.54) is 0 Å². The van der Waals surface area contributed by atoms with E-state index in [0.29, 0.717) is 5.92 Å². The van der Waals surface area contributed by atoms with Crippen LogP contribution in [0.4, 0.5) is 0 Å². The van der Waals surface area contributed by atoms with E-state index in [1.807, 2.05) is 31.3 Å². The van der Waals surface area contributed by atoms with Crippen molar-refractivity contribution in [3.05, 3.63) is 30.1 Å². The van der Waals surface area contributed by atoms with Crippen molar-refractivity contribution in [1.82, 2.24) is 0 Å². The first kappa shape index (κ1) is 10.4. The molecule has 1 saturated carbocycles. The lowest BCUT2D eigenvalue weighted by molar-refractivity contribution is -0.582. The van der Waals surface area contributed by atoms with Crippen LogP contribution in [0.3, 0.4) is 0 Å². The van der Waals surface area contributed by atoms with Crippen LogP contribution in [-0.2, 0) is 0 Å². The summed E-state index contributed by atoms with van der Waals surface area (Å²) in [5.41, 5.74) is 1.02. The molecule has 1 fully saturated rings. The molecule has 1 aliphatic rings. The van der Waals surface area contributed by atoms with Gasteiger partial charge in [-0.1, -0.05) is 6.07 Å². The third kappa shape index (κ3) is 2.15. The minimum atomic E-state index is 0. The Morgan fingerprint density at radius 2 is 2.15 bits per heavy atom. The monoisotopic (exact) mass is 241 g/mol. The lowest BCUT2D eigenvalue weighted by atomic mass is 10.3. The number of pyridine rings is 1. The van der Waals surface area contributed by atoms with Crippen molar-refractivity contribution in [3.63, 3.8) is 0 Å². The van der Waals surface area contributed by atoms with E-state index in [0.717, 1.165) is 18.5 Å². The lowest BCUT2D eigenvalue weighted by Gasteiger charge is -1.94. The molecule has 0 atom stereocenters. The topological polar surface area (TPSA) is 20.9 Å². The summed E-state index contributed by atoms with van der Waals surface area (Å²) in [6, 6.07) is 5.81. The highest BCUT2D eigenvalue weighted by molar-refractivity contribution is 5.72. The summed E-state index contributed by atoms with van der Waals surface area (Å²) in [6.07, 6.45) is 3.98. The lowest BCUT2D eigenvalue weighted by Crippen LogP contribution is -3.00. The molecule has 1 heterocycles. The molecule has 0 unspecified atom stereocenters. The molecular weight excluding hydrogens is 230 g/mol. The normalized spacial score (nSPS) is 14.8. The molecule has 0 amide bonds. The molecule has 0 aliphatic heterocycles. The first-order valence-corrected chi connectivity index (χ1v) is 4.30. The highest BCUT2D eigenvalue weighted by atomic mass is 79.9. The van der Waals surface area contributed by atoms with Crippen LogP contribution in [0.1, 0.15) is 23.3 Å². The summed E-state index contributed by atoms with van der Waals surface area (Å²) < 4.78 is 1.75. The van der Waals surface area contributed by atoms with Gasteiger partial charge in [0.25, 0.3) is 0 Å². The van der Waals surface area contributed by atoms with E-state index < -0.39 is 0 Å². The molecule has 1 aromatic rings. The van der Waals surface area contributed by atoms with Gasteiger partial charge < -0.3 is 17.0 Å². The molecule has 13 heavy (non-hydrogen) atoms. The van der Waals surface area contributed by atoms with Crippen molar-refractivity contribution in [1.29, 1.82) is 0 Å². The van der Waals surface area contributed by atoms with E-state index in [-0.39, 0.29) is 22.9 Å². The third-order valence-corrected chi connectivity index (χ3v) is 2.23. The maximum Gasteiger partial charge on any atom is 0.395 e. The van der Waals surface area contributed by atoms with Crippen molar-refractivity contribution in [2.75, 3.05) is 0 Å². The minimum Gasteiger partial charge on any atom is -1.00 e. The first-order valence-electron chi connectivity index (χ1n) is 4.30. The molecule has 1 aromatic heterocycles. The Morgan fingerprint density at radius 1 is 1.46 bits per heavy atom. The summed E-state index contributed by atoms with van der Waals surface area (Å²) >= 11 is 0. The van der Waals surface area contributed by atoms with E-state index in [9.17, 15) is 4.79 Å². The number of rotatable bonds is 1. The number of aryl methyl sites for hydroxylation is 1. The van der Waals surface area contributed by atoms with E-state index in [2.05, 4.69) is 0 Å². The summed E-state index contributed by atoms with van der Waals surface area (Å²) in [7, 11) is 0. The van der Waals surface area contributed by atoms with Crippen LogP contribution in [0, 0.1) is 12.8 Å². The molecule has 0 N–H and O–H groups in total. The molecule has 2 rings (SSSR count). The number of hydrogen-bond acceptors (Lipinski definition) is 1. The SMILES string of the molecule is Cc1cccc[n+]1C(=O)C1CC1.[Br-]. The molecule has 0 spiro atoms. The van der Waals surface area contributed by atoms with Gasteiger partial charge in [0, 0.05) is 19.1 Å². The molecule has 0 bridgehead atoms. The Hall–Kier alpha value is -0.700. The second kappa shape index (κ2) is 4.01. The van der Waals surface area contributed by atoms with Crippen molar-refractivity contribution in [2.45, 2.75) is 19.8 Å². The molecule has 70 valence electrons. The third-order valence-electron chi connectivity index (χ3n) is 2.23. The van der Waals surface area contributed by atoms with Crippen LogP contribution in [0.2, 0.25) is 0 Å². The summed E-state index contributed by atoms with van der Waals surface area (Å²) in [6.45, 7) is 1.96. The molecule has 0 radical (unpaired) electrons. The molecular formula is C10H12BrNO. The highest BCUT2D eigenvalue weighted by Gasteiger charge is 2.37. The van der Waals surface area contributed by atoms with Gasteiger partial charge in [-0.25, -0.2) is 4.79 Å². The van der Waals surface area contributed by atoms with Gasteiger partial charge in [0.2, 0.25) is 0 Å². The van der Waals surface area contributed by atoms with Crippen molar-refractivity contribution in [3.8, 4) is 0 Å². The second-order valence-electron chi connectivity index (χ2n) is 3.32. The van der Waals surface area contributed by atoms with E-state index in [4.69, 9.17) is 0 Å². The van der Waals surface area contributed by atoms with Gasteiger partial charge in [-0.05, 0) is 12.8 Å². The van der Waals surface area contributed by atoms with Gasteiger partial charge in [-0.15, -0.1) is 4.57 Å². The summed E-state index contributed by atoms with van der Waals surface area (Å²) in [4.78, 5) is 11.6. The fourth-order valence-electron chi connectivity index (χ4n) is 1.30. The van der Waals surface area contributed by atoms with Gasteiger partial charge in [-0.3, -0.25) is 0 Å². The van der Waals surface area contributed by atoms with Gasteiger partial charge in [0.15, 0.2) is 11.9 Å². The fraction of sp³-hybridized carbons (Fsp3) is 0.400. The largest absolute Gasteiger partial charge is 1.00 e. The molecule has 0 aromatic carbocycles.